The van der Waals surface area contributed by atoms with E-state index >= 15 is 0 Å². The van der Waals surface area contributed by atoms with Crippen LogP contribution in [0.3, 0.4) is 0 Å². The van der Waals surface area contributed by atoms with Crippen LogP contribution in [-0.4, -0.2) is 17.4 Å². The van der Waals surface area contributed by atoms with Crippen LogP contribution in [0.5, 0.6) is 5.75 Å². The summed E-state index contributed by atoms with van der Waals surface area (Å²) in [7, 11) is 0. The van der Waals surface area contributed by atoms with Crippen LogP contribution in [0.4, 0.5) is 11.4 Å². The Morgan fingerprint density at radius 3 is 2.18 bits per heavy atom. The molecule has 0 fully saturated rings. The third kappa shape index (κ3) is 4.73. The van der Waals surface area contributed by atoms with Crippen molar-refractivity contribution in [1.82, 2.24) is 0 Å². The molecule has 0 radical (unpaired) electrons. The second-order valence-corrected chi connectivity index (χ2v) is 6.48. The molecule has 0 spiro atoms. The minimum absolute atomic E-state index is 0.0755. The number of amides is 1. The molecule has 6 nitrogen and oxygen atoms in total. The lowest BCUT2D eigenvalue weighted by molar-refractivity contribution is -0.384. The molecule has 142 valence electrons. The number of hydrogen-bond donors (Lipinski definition) is 1. The molecule has 0 bridgehead atoms. The molecule has 0 aliphatic carbocycles. The fourth-order valence-electron chi connectivity index (χ4n) is 2.68. The number of anilines is 1. The fourth-order valence-corrected chi connectivity index (χ4v) is 2.68. The van der Waals surface area contributed by atoms with Gasteiger partial charge in [0.25, 0.3) is 11.6 Å². The minimum atomic E-state index is -0.499. The van der Waals surface area contributed by atoms with Crippen molar-refractivity contribution < 1.29 is 14.5 Å². The lowest BCUT2D eigenvalue weighted by Gasteiger charge is -2.10. The summed E-state index contributed by atoms with van der Waals surface area (Å²) in [6.07, 6.45) is 0. The molecule has 0 saturated carbocycles. The minimum Gasteiger partial charge on any atom is -0.484 e. The van der Waals surface area contributed by atoms with Gasteiger partial charge in [-0.1, -0.05) is 48.0 Å². The molecule has 3 rings (SSSR count). The maximum Gasteiger partial charge on any atom is 0.271 e. The lowest BCUT2D eigenvalue weighted by atomic mass is 10.0. The lowest BCUT2D eigenvalue weighted by Crippen LogP contribution is -2.20. The molecule has 1 N–H and O–H groups in total. The van der Waals surface area contributed by atoms with E-state index in [1.54, 1.807) is 25.1 Å². The second-order valence-electron chi connectivity index (χ2n) is 6.48. The van der Waals surface area contributed by atoms with Crippen LogP contribution in [-0.2, 0) is 4.79 Å². The highest BCUT2D eigenvalue weighted by Gasteiger charge is 2.11. The molecule has 0 heterocycles. The number of benzene rings is 3. The van der Waals surface area contributed by atoms with Gasteiger partial charge in [0.05, 0.1) is 10.6 Å². The number of aryl methyl sites for hydroxylation is 2. The van der Waals surface area contributed by atoms with E-state index in [-0.39, 0.29) is 18.2 Å². The third-order valence-electron chi connectivity index (χ3n) is 4.32. The first-order valence-electron chi connectivity index (χ1n) is 8.77. The van der Waals surface area contributed by atoms with Crippen molar-refractivity contribution in [2.75, 3.05) is 11.9 Å². The summed E-state index contributed by atoms with van der Waals surface area (Å²) in [6.45, 7) is 3.62. The number of nitro groups is 1. The van der Waals surface area contributed by atoms with Gasteiger partial charge in [-0.05, 0) is 42.7 Å². The topological polar surface area (TPSA) is 81.5 Å². The Morgan fingerprint density at radius 2 is 1.57 bits per heavy atom. The average molecular weight is 376 g/mol. The van der Waals surface area contributed by atoms with Crippen molar-refractivity contribution in [3.8, 4) is 16.9 Å². The highest BCUT2D eigenvalue weighted by atomic mass is 16.6. The number of ether oxygens (including phenoxy) is 1. The van der Waals surface area contributed by atoms with Crippen molar-refractivity contribution in [2.45, 2.75) is 13.8 Å². The molecular weight excluding hydrogens is 356 g/mol. The number of carbonyl (C=O) groups is 1. The Hall–Kier alpha value is -3.67. The standard InChI is InChI=1S/C22H20N2O4/c1-15-3-6-17(7-4-15)18-8-11-20(12-9-18)28-14-22(25)23-21-13-19(24(26)27)10-5-16(21)2/h3-13H,14H2,1-2H3,(H,23,25). The van der Waals surface area contributed by atoms with Gasteiger partial charge >= 0.3 is 0 Å². The second kappa shape index (κ2) is 8.35. The van der Waals surface area contributed by atoms with Crippen LogP contribution >= 0.6 is 0 Å². The summed E-state index contributed by atoms with van der Waals surface area (Å²) < 4.78 is 5.52. The Bertz CT molecular complexity index is 996. The van der Waals surface area contributed by atoms with Gasteiger partial charge in [-0.2, -0.15) is 0 Å². The molecule has 3 aromatic rings. The Labute approximate surface area is 162 Å². The normalized spacial score (nSPS) is 10.4. The van der Waals surface area contributed by atoms with E-state index < -0.39 is 4.92 Å². The molecule has 28 heavy (non-hydrogen) atoms. The van der Waals surface area contributed by atoms with Gasteiger partial charge in [-0.15, -0.1) is 0 Å². The monoisotopic (exact) mass is 376 g/mol. The van der Waals surface area contributed by atoms with Gasteiger partial charge in [0, 0.05) is 12.1 Å². The summed E-state index contributed by atoms with van der Waals surface area (Å²) in [5, 5.41) is 13.5. The van der Waals surface area contributed by atoms with Gasteiger partial charge in [0.2, 0.25) is 0 Å². The maximum atomic E-state index is 12.1. The van der Waals surface area contributed by atoms with E-state index in [9.17, 15) is 14.9 Å². The number of rotatable bonds is 6. The Morgan fingerprint density at radius 1 is 0.964 bits per heavy atom. The summed E-state index contributed by atoms with van der Waals surface area (Å²) in [4.78, 5) is 22.5. The van der Waals surface area contributed by atoms with E-state index in [4.69, 9.17) is 4.74 Å². The van der Waals surface area contributed by atoms with Gasteiger partial charge in [-0.3, -0.25) is 14.9 Å². The van der Waals surface area contributed by atoms with Crippen LogP contribution in [0.25, 0.3) is 11.1 Å². The molecule has 0 atom stereocenters. The molecule has 0 aliphatic heterocycles. The molecule has 0 saturated heterocycles. The summed E-state index contributed by atoms with van der Waals surface area (Å²) in [6, 6.07) is 20.0. The van der Waals surface area contributed by atoms with E-state index in [2.05, 4.69) is 29.6 Å². The van der Waals surface area contributed by atoms with E-state index in [1.165, 1.54) is 17.7 Å². The Balaban J connectivity index is 1.60. The molecule has 3 aromatic carbocycles. The molecular formula is C22H20N2O4. The van der Waals surface area contributed by atoms with Crippen molar-refractivity contribution >= 4 is 17.3 Å². The number of nitrogens with zero attached hydrogens (tertiary/aromatic N) is 1. The predicted molar refractivity (Wildman–Crippen MR) is 109 cm³/mol. The summed E-state index contributed by atoms with van der Waals surface area (Å²) >= 11 is 0. The van der Waals surface area contributed by atoms with E-state index in [1.807, 2.05) is 19.1 Å². The molecule has 0 unspecified atom stereocenters. The largest absolute Gasteiger partial charge is 0.484 e. The van der Waals surface area contributed by atoms with Crippen molar-refractivity contribution in [2.24, 2.45) is 0 Å². The zero-order valence-corrected chi connectivity index (χ0v) is 15.6. The fraction of sp³-hybridized carbons (Fsp3) is 0.136. The van der Waals surface area contributed by atoms with Crippen molar-refractivity contribution in [3.63, 3.8) is 0 Å². The van der Waals surface area contributed by atoms with Crippen LogP contribution < -0.4 is 10.1 Å². The van der Waals surface area contributed by atoms with Crippen LogP contribution in [0.2, 0.25) is 0 Å². The maximum absolute atomic E-state index is 12.1. The molecule has 1 amide bonds. The zero-order valence-electron chi connectivity index (χ0n) is 15.6. The first-order valence-corrected chi connectivity index (χ1v) is 8.77. The first-order chi connectivity index (χ1) is 13.4. The van der Waals surface area contributed by atoms with E-state index in [0.29, 0.717) is 11.4 Å². The van der Waals surface area contributed by atoms with Crippen LogP contribution in [0.15, 0.2) is 66.7 Å². The number of hydrogen-bond acceptors (Lipinski definition) is 4. The number of non-ortho nitro benzene ring substituents is 1. The first kappa shape index (κ1) is 19.1. The van der Waals surface area contributed by atoms with Crippen LogP contribution in [0.1, 0.15) is 11.1 Å². The summed E-state index contributed by atoms with van der Waals surface area (Å²) in [5.74, 6) is 0.188. The number of nitrogens with one attached hydrogen (secondary N) is 1. The SMILES string of the molecule is Cc1ccc(-c2ccc(OCC(=O)Nc3cc([N+](=O)[O-])ccc3C)cc2)cc1. The average Bonchev–Trinajstić information content (AvgIpc) is 2.69. The van der Waals surface area contributed by atoms with Gasteiger partial charge in [0.15, 0.2) is 6.61 Å². The molecule has 6 heteroatoms. The predicted octanol–water partition coefficient (Wildman–Crippen LogP) is 4.90. The highest BCUT2D eigenvalue weighted by Crippen LogP contribution is 2.24. The highest BCUT2D eigenvalue weighted by molar-refractivity contribution is 5.93. The van der Waals surface area contributed by atoms with Gasteiger partial charge in [0.1, 0.15) is 5.75 Å². The zero-order chi connectivity index (χ0) is 20.1. The van der Waals surface area contributed by atoms with Gasteiger partial charge in [-0.25, -0.2) is 0 Å². The molecule has 0 aromatic heterocycles. The Kier molecular flexibility index (Phi) is 5.69. The smallest absolute Gasteiger partial charge is 0.271 e. The third-order valence-corrected chi connectivity index (χ3v) is 4.32. The number of carbonyl (C=O) groups excluding carboxylic acids is 1. The molecule has 0 aliphatic rings. The van der Waals surface area contributed by atoms with Gasteiger partial charge < -0.3 is 10.1 Å². The van der Waals surface area contributed by atoms with Crippen LogP contribution in [0, 0.1) is 24.0 Å². The number of nitro benzene ring substituents is 1. The van der Waals surface area contributed by atoms with E-state index in [0.717, 1.165) is 16.7 Å². The van der Waals surface area contributed by atoms with Crippen molar-refractivity contribution in [3.05, 3.63) is 88.0 Å². The quantitative estimate of drug-likeness (QED) is 0.490. The van der Waals surface area contributed by atoms with Crippen molar-refractivity contribution in [1.29, 1.82) is 0 Å². The summed E-state index contributed by atoms with van der Waals surface area (Å²) in [5.41, 5.74) is 4.43.